The van der Waals surface area contributed by atoms with Gasteiger partial charge in [0.15, 0.2) is 0 Å². The number of benzene rings is 2. The van der Waals surface area contributed by atoms with Gasteiger partial charge in [0, 0.05) is 76.1 Å². The molecule has 4 saturated carbocycles. The first-order valence-electron chi connectivity index (χ1n) is 26.1. The van der Waals surface area contributed by atoms with Crippen molar-refractivity contribution in [3.05, 3.63) is 45.5 Å². The van der Waals surface area contributed by atoms with Gasteiger partial charge < -0.3 is 44.1 Å². The Hall–Kier alpha value is -5.01. The van der Waals surface area contributed by atoms with Gasteiger partial charge in [0.1, 0.15) is 52.4 Å². The Morgan fingerprint density at radius 2 is 1.13 bits per heavy atom. The highest BCUT2D eigenvalue weighted by molar-refractivity contribution is 6.02. The first kappa shape index (κ1) is 48.6. The Balaban J connectivity index is 0.856. The van der Waals surface area contributed by atoms with Gasteiger partial charge in [-0.15, -0.1) is 0 Å². The number of fused-ring (bicyclic) bond motifs is 6. The molecule has 14 nitrogen and oxygen atoms in total. The van der Waals surface area contributed by atoms with Crippen LogP contribution in [0.15, 0.2) is 12.1 Å². The molecule has 0 aromatic heterocycles. The lowest BCUT2D eigenvalue weighted by Crippen LogP contribution is -2.70. The number of hydrogen-bond donors (Lipinski definition) is 3. The molecule has 3 N–H and O–H groups in total. The number of carboxylic acid groups (broad SMARTS) is 1. The van der Waals surface area contributed by atoms with E-state index >= 15 is 0 Å². The highest BCUT2D eigenvalue weighted by Gasteiger charge is 2.70. The molecule has 11 atom stereocenters. The third-order valence-corrected chi connectivity index (χ3v) is 20.7. The minimum absolute atomic E-state index is 0.0141. The highest BCUT2D eigenvalue weighted by Crippen LogP contribution is 2.69. The zero-order valence-corrected chi connectivity index (χ0v) is 42.9. The molecule has 0 saturated heterocycles. The molecule has 4 fully saturated rings. The lowest BCUT2D eigenvalue weighted by molar-refractivity contribution is -0.238. The number of esters is 2. The quantitative estimate of drug-likeness (QED) is 0.160. The molecular formula is C56H74N2O12. The van der Waals surface area contributed by atoms with Gasteiger partial charge in [-0.2, -0.15) is 0 Å². The van der Waals surface area contributed by atoms with Gasteiger partial charge in [-0.3, -0.25) is 19.2 Å². The van der Waals surface area contributed by atoms with Gasteiger partial charge in [0.25, 0.3) is 11.8 Å². The zero-order valence-electron chi connectivity index (χ0n) is 42.9. The summed E-state index contributed by atoms with van der Waals surface area (Å²) in [7, 11) is 0. The first-order valence-corrected chi connectivity index (χ1v) is 26.1. The summed E-state index contributed by atoms with van der Waals surface area (Å²) in [5.74, 6) is -0.671. The average Bonchev–Trinajstić information content (AvgIpc) is 3.77. The molecule has 380 valence electrons. The van der Waals surface area contributed by atoms with Crippen LogP contribution in [0, 0.1) is 45.3 Å². The molecule has 2 aromatic carbocycles. The van der Waals surface area contributed by atoms with Crippen LogP contribution < -0.4 is 9.47 Å². The monoisotopic (exact) mass is 967 g/mol. The molecule has 10 rings (SSSR count). The number of phenolic OH excluding ortho intramolecular Hbond substituents is 2. The third-order valence-electron chi connectivity index (χ3n) is 20.7. The topological polar surface area (TPSA) is 189 Å². The molecule has 0 radical (unpaired) electrons. The predicted molar refractivity (Wildman–Crippen MR) is 257 cm³/mol. The molecule has 0 bridgehead atoms. The first-order chi connectivity index (χ1) is 32.8. The Labute approximate surface area is 412 Å². The van der Waals surface area contributed by atoms with Crippen molar-refractivity contribution in [1.82, 2.24) is 9.80 Å². The number of aliphatic carboxylic acids is 1. The maximum absolute atomic E-state index is 14.3. The van der Waals surface area contributed by atoms with Crippen molar-refractivity contribution in [3.63, 3.8) is 0 Å². The van der Waals surface area contributed by atoms with Gasteiger partial charge >= 0.3 is 17.9 Å². The van der Waals surface area contributed by atoms with E-state index < -0.39 is 34.5 Å². The molecule has 4 aliphatic heterocycles. The van der Waals surface area contributed by atoms with Gasteiger partial charge in [0.05, 0.1) is 24.2 Å². The van der Waals surface area contributed by atoms with Gasteiger partial charge in [-0.1, -0.05) is 55.4 Å². The van der Waals surface area contributed by atoms with Gasteiger partial charge in [0.2, 0.25) is 0 Å². The van der Waals surface area contributed by atoms with E-state index in [2.05, 4.69) is 55.4 Å². The second-order valence-electron chi connectivity index (χ2n) is 24.6. The van der Waals surface area contributed by atoms with E-state index in [1.54, 1.807) is 11.0 Å². The van der Waals surface area contributed by atoms with Crippen LogP contribution in [-0.4, -0.2) is 90.8 Å². The summed E-state index contributed by atoms with van der Waals surface area (Å²) in [6.45, 7) is 21.3. The molecule has 2 amide bonds. The smallest absolute Gasteiger partial charge is 0.326 e. The Morgan fingerprint density at radius 3 is 1.59 bits per heavy atom. The number of unbranched alkanes of at least 4 members (excludes halogenated alkanes) is 1. The van der Waals surface area contributed by atoms with Crippen LogP contribution in [0.1, 0.15) is 183 Å². The standard InChI is InChI=1S/C56H74N2O12/c1-29-14-16-42-51(5,6)44(67-31(3)59)18-20-55(42)53(29,9)25-35-40(61)23-33-37(46(35)69-55)27-57(48(33)63)22-12-11-13-39(50(65)66)58-28-38-34(49(58)64)24-41(62)36-26-54(10)30(2)15-17-43-52(7,8)45(68-32(4)60)19-21-56(43,54)70-47(36)38/h23-24,29-30,39,42-45,61-62H,11-22,25-28H2,1-10H3,(H,65,66)/t29-,30-,39?,42-,43-,44-,45-,53+,54+,55-,56-/m0/s1. The minimum atomic E-state index is -1.16. The van der Waals surface area contributed by atoms with Crippen molar-refractivity contribution in [1.29, 1.82) is 0 Å². The van der Waals surface area contributed by atoms with Gasteiger partial charge in [-0.05, 0) is 107 Å². The Kier molecular flexibility index (Phi) is 11.3. The number of hydrogen-bond acceptors (Lipinski definition) is 11. The number of nitrogens with zero attached hydrogens (tertiary/aromatic N) is 2. The minimum Gasteiger partial charge on any atom is -0.508 e. The Bertz CT molecular complexity index is 2590. The lowest BCUT2D eigenvalue weighted by atomic mass is 9.43. The van der Waals surface area contributed by atoms with Crippen molar-refractivity contribution < 1.29 is 58.2 Å². The number of phenols is 2. The maximum Gasteiger partial charge on any atom is 0.326 e. The van der Waals surface area contributed by atoms with Crippen LogP contribution in [0.25, 0.3) is 0 Å². The van der Waals surface area contributed by atoms with Crippen molar-refractivity contribution in [2.75, 3.05) is 6.54 Å². The van der Waals surface area contributed by atoms with Crippen molar-refractivity contribution >= 4 is 29.7 Å². The molecule has 1 unspecified atom stereocenters. The van der Waals surface area contributed by atoms with Crippen molar-refractivity contribution in [2.24, 2.45) is 45.3 Å². The summed E-state index contributed by atoms with van der Waals surface area (Å²) in [6, 6.07) is 1.93. The van der Waals surface area contributed by atoms with Crippen LogP contribution in [0.2, 0.25) is 0 Å². The molecule has 70 heavy (non-hydrogen) atoms. The number of carbonyl (C=O) groups excluding carboxylic acids is 4. The molecule has 2 aromatic rings. The number of carbonyl (C=O) groups is 5. The van der Waals surface area contributed by atoms with Crippen LogP contribution in [0.4, 0.5) is 0 Å². The van der Waals surface area contributed by atoms with E-state index in [9.17, 15) is 39.3 Å². The molecule has 4 heterocycles. The summed E-state index contributed by atoms with van der Waals surface area (Å²) in [5, 5.41) is 33.9. The average molecular weight is 967 g/mol. The van der Waals surface area contributed by atoms with Gasteiger partial charge in [-0.25, -0.2) is 4.79 Å². The summed E-state index contributed by atoms with van der Waals surface area (Å²) >= 11 is 0. The fourth-order valence-corrected chi connectivity index (χ4v) is 16.4. The van der Waals surface area contributed by atoms with Crippen LogP contribution in [0.5, 0.6) is 23.0 Å². The number of amides is 2. The van der Waals surface area contributed by atoms with E-state index in [0.29, 0.717) is 98.6 Å². The number of aromatic hydroxyl groups is 2. The second-order valence-corrected chi connectivity index (χ2v) is 24.6. The van der Waals surface area contributed by atoms with Crippen molar-refractivity contribution in [3.8, 4) is 23.0 Å². The number of carboxylic acids is 1. The number of rotatable bonds is 9. The second kappa shape index (κ2) is 16.3. The Morgan fingerprint density at radius 1 is 0.671 bits per heavy atom. The third kappa shape index (κ3) is 6.71. The van der Waals surface area contributed by atoms with Crippen LogP contribution >= 0.6 is 0 Å². The highest BCUT2D eigenvalue weighted by atomic mass is 16.6. The SMILES string of the molecule is CC(=O)O[C@H]1CC[C@@]23Oc4c(c(O)cc5c4CN(CCCCC(C(=O)O)N4Cc6c(cc(O)c7c6O[C@@]68CC[C@H](OC(C)=O)C(C)(C)[C@@H]6CC[C@H](C)[C@@]8(C)C7)C4=O)C5=O)C[C@]2(C)[C@@H](C)CC[C@H]3C1(C)C. The van der Waals surface area contributed by atoms with E-state index in [0.717, 1.165) is 36.8 Å². The summed E-state index contributed by atoms with van der Waals surface area (Å²) < 4.78 is 26.6. The zero-order chi connectivity index (χ0) is 50.4. The summed E-state index contributed by atoms with van der Waals surface area (Å²) in [4.78, 5) is 69.1. The van der Waals surface area contributed by atoms with Crippen LogP contribution in [-0.2, 0) is 49.8 Å². The normalized spacial score (nSPS) is 35.5. The maximum atomic E-state index is 14.3. The fourth-order valence-electron chi connectivity index (χ4n) is 16.4. The summed E-state index contributed by atoms with van der Waals surface area (Å²) in [6.07, 6.45) is 7.95. The van der Waals surface area contributed by atoms with E-state index in [1.807, 2.05) is 0 Å². The van der Waals surface area contributed by atoms with E-state index in [-0.39, 0.29) is 94.1 Å². The van der Waals surface area contributed by atoms with E-state index in [4.69, 9.17) is 18.9 Å². The predicted octanol–water partition coefficient (Wildman–Crippen LogP) is 9.29. The molecule has 14 heteroatoms. The number of ether oxygens (including phenoxy) is 4. The molecule has 4 aliphatic carbocycles. The lowest BCUT2D eigenvalue weighted by Gasteiger charge is -2.67. The van der Waals surface area contributed by atoms with Crippen LogP contribution in [0.3, 0.4) is 0 Å². The fraction of sp³-hybridized carbons (Fsp3) is 0.696. The molecular weight excluding hydrogens is 893 g/mol. The van der Waals surface area contributed by atoms with E-state index in [1.165, 1.54) is 24.8 Å². The van der Waals surface area contributed by atoms with Crippen molar-refractivity contribution in [2.45, 2.75) is 195 Å². The molecule has 8 aliphatic rings. The largest absolute Gasteiger partial charge is 0.508 e. The summed E-state index contributed by atoms with van der Waals surface area (Å²) in [5.41, 5.74) is 0.659. The molecule has 2 spiro atoms.